The number of likely N-dealkylation sites (N-methyl/N-ethyl adjacent to an activating group) is 1. The lowest BCUT2D eigenvalue weighted by Crippen LogP contribution is -2.36. The van der Waals surface area contributed by atoms with Crippen LogP contribution in [0.4, 0.5) is 0 Å². The van der Waals surface area contributed by atoms with Crippen molar-refractivity contribution in [3.63, 3.8) is 0 Å². The smallest absolute Gasteiger partial charge is 0.0300 e. The van der Waals surface area contributed by atoms with Crippen molar-refractivity contribution in [2.24, 2.45) is 0 Å². The van der Waals surface area contributed by atoms with Gasteiger partial charge < -0.3 is 10.2 Å². The van der Waals surface area contributed by atoms with E-state index in [0.717, 1.165) is 26.1 Å². The molecule has 1 atom stereocenters. The van der Waals surface area contributed by atoms with Crippen molar-refractivity contribution in [3.8, 4) is 0 Å². The molecule has 20 heavy (non-hydrogen) atoms. The maximum absolute atomic E-state index is 3.53. The third-order valence-corrected chi connectivity index (χ3v) is 5.47. The minimum absolute atomic E-state index is 0.597. The molecule has 4 heteroatoms. The average molecular weight is 309 g/mol. The standard InChI is InChI=1S/C16H24N2S2/c1-13(11-15-5-4-10-19-15)18(3)9-8-17-12-16-7-6-14(2)20-16/h4-7,10,13,17H,8-9,11-12H2,1-3H3. The van der Waals surface area contributed by atoms with E-state index in [9.17, 15) is 0 Å². The predicted octanol–water partition coefficient (Wildman–Crippen LogP) is 3.77. The number of hydrogen-bond donors (Lipinski definition) is 1. The summed E-state index contributed by atoms with van der Waals surface area (Å²) in [6.07, 6.45) is 1.15. The average Bonchev–Trinajstić information content (AvgIpc) is 3.06. The van der Waals surface area contributed by atoms with Crippen LogP contribution in [0.2, 0.25) is 0 Å². The fourth-order valence-corrected chi connectivity index (χ4v) is 3.83. The minimum atomic E-state index is 0.597. The number of nitrogens with zero attached hydrogens (tertiary/aromatic N) is 1. The third-order valence-electron chi connectivity index (χ3n) is 3.57. The number of thiophene rings is 2. The summed E-state index contributed by atoms with van der Waals surface area (Å²) < 4.78 is 0. The van der Waals surface area contributed by atoms with Gasteiger partial charge in [0, 0.05) is 40.3 Å². The number of aryl methyl sites for hydroxylation is 1. The molecule has 0 radical (unpaired) electrons. The van der Waals surface area contributed by atoms with Gasteiger partial charge in [0.05, 0.1) is 0 Å². The van der Waals surface area contributed by atoms with Crippen LogP contribution in [0, 0.1) is 6.92 Å². The molecule has 2 heterocycles. The first kappa shape index (κ1) is 15.7. The lowest BCUT2D eigenvalue weighted by atomic mass is 10.2. The second-order valence-electron chi connectivity index (χ2n) is 5.30. The molecule has 2 nitrogen and oxygen atoms in total. The maximum Gasteiger partial charge on any atom is 0.0300 e. The summed E-state index contributed by atoms with van der Waals surface area (Å²) in [5.41, 5.74) is 0. The summed E-state index contributed by atoms with van der Waals surface area (Å²) in [5, 5.41) is 5.69. The van der Waals surface area contributed by atoms with Crippen LogP contribution in [0.5, 0.6) is 0 Å². The first-order chi connectivity index (χ1) is 9.65. The zero-order valence-electron chi connectivity index (χ0n) is 12.6. The van der Waals surface area contributed by atoms with E-state index < -0.39 is 0 Å². The van der Waals surface area contributed by atoms with Crippen LogP contribution < -0.4 is 5.32 Å². The molecule has 0 fully saturated rings. The Morgan fingerprint density at radius 3 is 2.75 bits per heavy atom. The van der Waals surface area contributed by atoms with Crippen molar-refractivity contribution in [3.05, 3.63) is 44.3 Å². The largest absolute Gasteiger partial charge is 0.311 e. The lowest BCUT2D eigenvalue weighted by molar-refractivity contribution is 0.257. The molecule has 0 aliphatic carbocycles. The van der Waals surface area contributed by atoms with Crippen LogP contribution >= 0.6 is 22.7 Å². The van der Waals surface area contributed by atoms with Gasteiger partial charge in [-0.25, -0.2) is 0 Å². The zero-order chi connectivity index (χ0) is 14.4. The van der Waals surface area contributed by atoms with Gasteiger partial charge in [-0.3, -0.25) is 0 Å². The summed E-state index contributed by atoms with van der Waals surface area (Å²) in [6, 6.07) is 9.37. The molecule has 0 aliphatic heterocycles. The highest BCUT2D eigenvalue weighted by atomic mass is 32.1. The molecule has 0 saturated carbocycles. The number of rotatable bonds is 8. The van der Waals surface area contributed by atoms with Crippen molar-refractivity contribution in [1.82, 2.24) is 10.2 Å². The van der Waals surface area contributed by atoms with Gasteiger partial charge in [-0.05, 0) is 50.9 Å². The van der Waals surface area contributed by atoms with Crippen LogP contribution in [0.3, 0.4) is 0 Å². The van der Waals surface area contributed by atoms with E-state index >= 15 is 0 Å². The quantitative estimate of drug-likeness (QED) is 0.747. The third kappa shape index (κ3) is 5.02. The van der Waals surface area contributed by atoms with Crippen molar-refractivity contribution in [2.75, 3.05) is 20.1 Å². The highest BCUT2D eigenvalue weighted by Crippen LogP contribution is 2.15. The molecule has 2 rings (SSSR count). The molecule has 0 saturated heterocycles. The van der Waals surface area contributed by atoms with Gasteiger partial charge in [-0.15, -0.1) is 22.7 Å². The Labute approximate surface area is 130 Å². The number of hydrogen-bond acceptors (Lipinski definition) is 4. The highest BCUT2D eigenvalue weighted by molar-refractivity contribution is 7.11. The molecule has 1 unspecified atom stereocenters. The normalized spacial score (nSPS) is 13.0. The van der Waals surface area contributed by atoms with Crippen molar-refractivity contribution in [1.29, 1.82) is 0 Å². The van der Waals surface area contributed by atoms with E-state index in [4.69, 9.17) is 0 Å². The van der Waals surface area contributed by atoms with Gasteiger partial charge in [-0.2, -0.15) is 0 Å². The summed E-state index contributed by atoms with van der Waals surface area (Å²) in [5.74, 6) is 0. The van der Waals surface area contributed by atoms with Crippen LogP contribution in [-0.2, 0) is 13.0 Å². The molecular weight excluding hydrogens is 284 g/mol. The van der Waals surface area contributed by atoms with Gasteiger partial charge >= 0.3 is 0 Å². The molecule has 0 amide bonds. The molecular formula is C16H24N2S2. The van der Waals surface area contributed by atoms with Crippen LogP contribution in [0.1, 0.15) is 21.6 Å². The molecule has 2 aromatic rings. The minimum Gasteiger partial charge on any atom is -0.311 e. The van der Waals surface area contributed by atoms with Crippen LogP contribution in [0.25, 0.3) is 0 Å². The lowest BCUT2D eigenvalue weighted by Gasteiger charge is -2.24. The molecule has 110 valence electrons. The maximum atomic E-state index is 3.53. The predicted molar refractivity (Wildman–Crippen MR) is 90.9 cm³/mol. The van der Waals surface area contributed by atoms with Gasteiger partial charge in [0.1, 0.15) is 0 Å². The Bertz CT molecular complexity index is 490. The van der Waals surface area contributed by atoms with Crippen LogP contribution in [-0.4, -0.2) is 31.1 Å². The van der Waals surface area contributed by atoms with E-state index in [1.807, 2.05) is 22.7 Å². The van der Waals surface area contributed by atoms with E-state index in [1.54, 1.807) is 0 Å². The number of nitrogens with one attached hydrogen (secondary N) is 1. The van der Waals surface area contributed by atoms with Crippen molar-refractivity contribution >= 4 is 22.7 Å². The Kier molecular flexibility index (Phi) is 6.23. The van der Waals surface area contributed by atoms with Gasteiger partial charge in [0.2, 0.25) is 0 Å². The van der Waals surface area contributed by atoms with Gasteiger partial charge in [0.15, 0.2) is 0 Å². The Hall–Kier alpha value is -0.680. The molecule has 0 bridgehead atoms. The van der Waals surface area contributed by atoms with E-state index in [2.05, 4.69) is 60.8 Å². The topological polar surface area (TPSA) is 15.3 Å². The van der Waals surface area contributed by atoms with Crippen LogP contribution in [0.15, 0.2) is 29.6 Å². The van der Waals surface area contributed by atoms with E-state index in [0.29, 0.717) is 6.04 Å². The summed E-state index contributed by atoms with van der Waals surface area (Å²) in [7, 11) is 2.22. The molecule has 0 aliphatic rings. The second-order valence-corrected chi connectivity index (χ2v) is 7.71. The summed E-state index contributed by atoms with van der Waals surface area (Å²) in [6.45, 7) is 7.60. The Morgan fingerprint density at radius 1 is 1.25 bits per heavy atom. The first-order valence-electron chi connectivity index (χ1n) is 7.14. The highest BCUT2D eigenvalue weighted by Gasteiger charge is 2.10. The Morgan fingerprint density at radius 2 is 2.10 bits per heavy atom. The summed E-state index contributed by atoms with van der Waals surface area (Å²) in [4.78, 5) is 6.73. The SMILES string of the molecule is Cc1ccc(CNCCN(C)C(C)Cc2cccs2)s1. The molecule has 0 aromatic carbocycles. The van der Waals surface area contributed by atoms with Crippen molar-refractivity contribution in [2.45, 2.75) is 32.9 Å². The second kappa shape index (κ2) is 7.93. The van der Waals surface area contributed by atoms with Gasteiger partial charge in [0.25, 0.3) is 0 Å². The first-order valence-corrected chi connectivity index (χ1v) is 8.83. The van der Waals surface area contributed by atoms with Gasteiger partial charge in [-0.1, -0.05) is 6.07 Å². The molecule has 0 spiro atoms. The fourth-order valence-electron chi connectivity index (χ4n) is 2.14. The fraction of sp³-hybridized carbons (Fsp3) is 0.500. The van der Waals surface area contributed by atoms with Crippen molar-refractivity contribution < 1.29 is 0 Å². The van der Waals surface area contributed by atoms with E-state index in [-0.39, 0.29) is 0 Å². The summed E-state index contributed by atoms with van der Waals surface area (Å²) >= 11 is 3.74. The molecule has 1 N–H and O–H groups in total. The zero-order valence-corrected chi connectivity index (χ0v) is 14.2. The monoisotopic (exact) mass is 308 g/mol. The Balaban J connectivity index is 1.63. The molecule has 2 aromatic heterocycles. The van der Waals surface area contributed by atoms with E-state index in [1.165, 1.54) is 14.6 Å².